The van der Waals surface area contributed by atoms with Crippen molar-refractivity contribution < 1.29 is 9.53 Å². The van der Waals surface area contributed by atoms with Gasteiger partial charge in [-0.1, -0.05) is 52.0 Å². The summed E-state index contributed by atoms with van der Waals surface area (Å²) < 4.78 is 8.40. The van der Waals surface area contributed by atoms with E-state index in [0.717, 1.165) is 34.9 Å². The number of halogens is 1. The van der Waals surface area contributed by atoms with E-state index in [2.05, 4.69) is 36.3 Å². The molecule has 0 saturated carbocycles. The van der Waals surface area contributed by atoms with Crippen LogP contribution in [0.2, 0.25) is 0 Å². The fraction of sp³-hybridized carbons (Fsp3) is 0.286. The number of ether oxygens (including phenoxy) is 1. The second kappa shape index (κ2) is 9.63. The standard InChI is InChI=1S/C21H22BrN5O2S/c1-15(19(28)23-17-7-5-6-16(22)14-17)30-21-25-24-20(26-10-12-29-13-11-26)27(21)18-8-3-2-4-9-18/h2-9,14-15H,10-13H2,1H3,(H,23,28). The zero-order valence-corrected chi connectivity index (χ0v) is 18.9. The Hall–Kier alpha value is -2.36. The summed E-state index contributed by atoms with van der Waals surface area (Å²) in [5.74, 6) is 0.681. The monoisotopic (exact) mass is 487 g/mol. The third kappa shape index (κ3) is 4.85. The van der Waals surface area contributed by atoms with Crippen LogP contribution in [0.1, 0.15) is 6.92 Å². The molecule has 3 aromatic rings. The number of thioether (sulfide) groups is 1. The molecule has 0 bridgehead atoms. The first-order valence-electron chi connectivity index (χ1n) is 9.68. The van der Waals surface area contributed by atoms with Gasteiger partial charge in [-0.25, -0.2) is 0 Å². The normalized spacial score (nSPS) is 15.1. The molecule has 1 saturated heterocycles. The molecule has 1 aliphatic rings. The van der Waals surface area contributed by atoms with E-state index in [1.807, 2.05) is 66.1 Å². The smallest absolute Gasteiger partial charge is 0.237 e. The number of aromatic nitrogens is 3. The summed E-state index contributed by atoms with van der Waals surface area (Å²) in [6.45, 7) is 4.71. The van der Waals surface area contributed by atoms with Crippen LogP contribution < -0.4 is 10.2 Å². The number of morpholine rings is 1. The van der Waals surface area contributed by atoms with Crippen LogP contribution in [0, 0.1) is 0 Å². The number of hydrogen-bond donors (Lipinski definition) is 1. The number of para-hydroxylation sites is 1. The van der Waals surface area contributed by atoms with Gasteiger partial charge in [-0.15, -0.1) is 10.2 Å². The predicted molar refractivity (Wildman–Crippen MR) is 122 cm³/mol. The van der Waals surface area contributed by atoms with Crippen LogP contribution in [0.15, 0.2) is 64.2 Å². The van der Waals surface area contributed by atoms with Crippen LogP contribution in [0.5, 0.6) is 0 Å². The number of benzene rings is 2. The molecular weight excluding hydrogens is 466 g/mol. The Morgan fingerprint density at radius 1 is 1.13 bits per heavy atom. The molecule has 0 spiro atoms. The lowest BCUT2D eigenvalue weighted by atomic mass is 10.3. The summed E-state index contributed by atoms with van der Waals surface area (Å²) in [6, 6.07) is 17.5. The van der Waals surface area contributed by atoms with E-state index in [1.54, 1.807) is 0 Å². The number of amides is 1. The Morgan fingerprint density at radius 2 is 1.90 bits per heavy atom. The molecule has 2 heterocycles. The van der Waals surface area contributed by atoms with Crippen molar-refractivity contribution in [2.45, 2.75) is 17.3 Å². The van der Waals surface area contributed by atoms with Gasteiger partial charge in [0, 0.05) is 23.2 Å². The van der Waals surface area contributed by atoms with Crippen molar-refractivity contribution in [1.82, 2.24) is 14.8 Å². The Bertz CT molecular complexity index is 1010. The first kappa shape index (κ1) is 20.9. The van der Waals surface area contributed by atoms with Crippen LogP contribution in [-0.4, -0.2) is 52.2 Å². The van der Waals surface area contributed by atoms with E-state index in [4.69, 9.17) is 4.74 Å². The highest BCUT2D eigenvalue weighted by atomic mass is 79.9. The molecular formula is C21H22BrN5O2S. The van der Waals surface area contributed by atoms with Crippen LogP contribution in [0.3, 0.4) is 0 Å². The first-order chi connectivity index (χ1) is 14.6. The third-order valence-electron chi connectivity index (χ3n) is 4.67. The molecule has 1 aliphatic heterocycles. The van der Waals surface area contributed by atoms with Crippen molar-refractivity contribution in [3.05, 3.63) is 59.1 Å². The molecule has 30 heavy (non-hydrogen) atoms. The summed E-state index contributed by atoms with van der Waals surface area (Å²) in [7, 11) is 0. The van der Waals surface area contributed by atoms with Crippen LogP contribution in [0.4, 0.5) is 11.6 Å². The van der Waals surface area contributed by atoms with Crippen molar-refractivity contribution in [2.75, 3.05) is 36.5 Å². The maximum Gasteiger partial charge on any atom is 0.237 e. The first-order valence-corrected chi connectivity index (χ1v) is 11.4. The summed E-state index contributed by atoms with van der Waals surface area (Å²) in [6.07, 6.45) is 0. The van der Waals surface area contributed by atoms with Gasteiger partial charge >= 0.3 is 0 Å². The third-order valence-corrected chi connectivity index (χ3v) is 6.20. The molecule has 2 aromatic carbocycles. The summed E-state index contributed by atoms with van der Waals surface area (Å²) in [4.78, 5) is 14.9. The molecule has 0 aliphatic carbocycles. The van der Waals surface area contributed by atoms with Crippen LogP contribution >= 0.6 is 27.7 Å². The lowest BCUT2D eigenvalue weighted by molar-refractivity contribution is -0.115. The van der Waals surface area contributed by atoms with Crippen molar-refractivity contribution in [3.8, 4) is 5.69 Å². The van der Waals surface area contributed by atoms with Gasteiger partial charge in [-0.2, -0.15) is 0 Å². The predicted octanol–water partition coefficient (Wildman–Crippen LogP) is 3.99. The van der Waals surface area contributed by atoms with E-state index < -0.39 is 0 Å². The van der Waals surface area contributed by atoms with Gasteiger partial charge in [0.1, 0.15) is 0 Å². The molecule has 7 nitrogen and oxygen atoms in total. The van der Waals surface area contributed by atoms with Crippen molar-refractivity contribution in [2.24, 2.45) is 0 Å². The molecule has 1 amide bonds. The van der Waals surface area contributed by atoms with Gasteiger partial charge in [0.05, 0.1) is 24.2 Å². The summed E-state index contributed by atoms with van der Waals surface area (Å²) in [5.41, 5.74) is 1.71. The largest absolute Gasteiger partial charge is 0.378 e. The minimum Gasteiger partial charge on any atom is -0.378 e. The Morgan fingerprint density at radius 3 is 2.63 bits per heavy atom. The molecule has 4 rings (SSSR count). The number of carbonyl (C=O) groups excluding carboxylic acids is 1. The van der Waals surface area contributed by atoms with Crippen molar-refractivity contribution in [3.63, 3.8) is 0 Å². The van der Waals surface area contributed by atoms with Gasteiger partial charge in [0.15, 0.2) is 5.16 Å². The summed E-state index contributed by atoms with van der Waals surface area (Å²) in [5, 5.41) is 12.2. The quantitative estimate of drug-likeness (QED) is 0.530. The number of carbonyl (C=O) groups is 1. The van der Waals surface area contributed by atoms with Gasteiger partial charge in [0.25, 0.3) is 0 Å². The molecule has 9 heteroatoms. The Balaban J connectivity index is 1.57. The highest BCUT2D eigenvalue weighted by molar-refractivity contribution is 9.10. The second-order valence-electron chi connectivity index (χ2n) is 6.81. The molecule has 156 valence electrons. The van der Waals surface area contributed by atoms with E-state index in [-0.39, 0.29) is 11.2 Å². The van der Waals surface area contributed by atoms with Crippen molar-refractivity contribution >= 4 is 45.2 Å². The van der Waals surface area contributed by atoms with E-state index in [9.17, 15) is 4.79 Å². The number of hydrogen-bond acceptors (Lipinski definition) is 6. The average molecular weight is 488 g/mol. The lowest BCUT2D eigenvalue weighted by Gasteiger charge is -2.28. The second-order valence-corrected chi connectivity index (χ2v) is 9.04. The minimum absolute atomic E-state index is 0.0892. The van der Waals surface area contributed by atoms with Crippen LogP contribution in [-0.2, 0) is 9.53 Å². The van der Waals surface area contributed by atoms with Gasteiger partial charge in [-0.05, 0) is 37.3 Å². The minimum atomic E-state index is -0.354. The van der Waals surface area contributed by atoms with Crippen molar-refractivity contribution in [1.29, 1.82) is 0 Å². The molecule has 1 fully saturated rings. The highest BCUT2D eigenvalue weighted by Gasteiger charge is 2.24. The molecule has 1 aromatic heterocycles. The van der Waals surface area contributed by atoms with E-state index in [1.165, 1.54) is 11.8 Å². The zero-order valence-electron chi connectivity index (χ0n) is 16.5. The zero-order chi connectivity index (χ0) is 20.9. The highest BCUT2D eigenvalue weighted by Crippen LogP contribution is 2.30. The van der Waals surface area contributed by atoms with E-state index in [0.29, 0.717) is 18.4 Å². The fourth-order valence-electron chi connectivity index (χ4n) is 3.13. The molecule has 0 radical (unpaired) electrons. The molecule has 1 unspecified atom stereocenters. The SMILES string of the molecule is CC(Sc1nnc(N2CCOCC2)n1-c1ccccc1)C(=O)Nc1cccc(Br)c1. The van der Waals surface area contributed by atoms with Crippen LogP contribution in [0.25, 0.3) is 5.69 Å². The Labute approximate surface area is 187 Å². The lowest BCUT2D eigenvalue weighted by Crippen LogP contribution is -2.37. The molecule has 1 atom stereocenters. The maximum absolute atomic E-state index is 12.8. The Kier molecular flexibility index (Phi) is 6.71. The molecule has 1 N–H and O–H groups in total. The topological polar surface area (TPSA) is 72.3 Å². The number of rotatable bonds is 6. The van der Waals surface area contributed by atoms with Gasteiger partial charge in [0.2, 0.25) is 11.9 Å². The van der Waals surface area contributed by atoms with Gasteiger partial charge < -0.3 is 15.0 Å². The maximum atomic E-state index is 12.8. The fourth-order valence-corrected chi connectivity index (χ4v) is 4.39. The number of nitrogens with zero attached hydrogens (tertiary/aromatic N) is 4. The average Bonchev–Trinajstić information content (AvgIpc) is 3.18. The number of nitrogens with one attached hydrogen (secondary N) is 1. The summed E-state index contributed by atoms with van der Waals surface area (Å²) >= 11 is 4.82. The van der Waals surface area contributed by atoms with Gasteiger partial charge in [-0.3, -0.25) is 9.36 Å². The number of anilines is 2. The van der Waals surface area contributed by atoms with E-state index >= 15 is 0 Å².